The molecule has 0 saturated carbocycles. The second-order valence-corrected chi connectivity index (χ2v) is 4.88. The van der Waals surface area contributed by atoms with Crippen molar-refractivity contribution in [2.24, 2.45) is 0 Å². The Morgan fingerprint density at radius 1 is 0.708 bits per heavy atom. The van der Waals surface area contributed by atoms with Gasteiger partial charge in [-0.3, -0.25) is 29.8 Å². The molecule has 0 atom stereocenters. The van der Waals surface area contributed by atoms with Gasteiger partial charge < -0.3 is 10.2 Å². The lowest BCUT2D eigenvalue weighted by atomic mass is 9.82. The number of carbonyl (C=O) groups excluding carboxylic acids is 2. The summed E-state index contributed by atoms with van der Waals surface area (Å²) in [5, 5.41) is 41.5. The number of aromatic hydroxyl groups is 2. The minimum absolute atomic E-state index is 0.453. The number of carbonyl (C=O) groups is 2. The topological polar surface area (TPSA) is 161 Å². The van der Waals surface area contributed by atoms with Crippen LogP contribution in [0.3, 0.4) is 0 Å². The molecule has 0 aromatic heterocycles. The van der Waals surface area contributed by atoms with Gasteiger partial charge in [0, 0.05) is 11.1 Å². The van der Waals surface area contributed by atoms with Crippen molar-refractivity contribution in [1.29, 1.82) is 0 Å². The number of nitrogens with zero attached hydrogens (tertiary/aromatic N) is 2. The van der Waals surface area contributed by atoms with Crippen molar-refractivity contribution in [3.05, 3.63) is 66.7 Å². The summed E-state index contributed by atoms with van der Waals surface area (Å²) >= 11 is 0. The first-order valence-corrected chi connectivity index (χ1v) is 6.35. The summed E-state index contributed by atoms with van der Waals surface area (Å²) < 4.78 is 0. The summed E-state index contributed by atoms with van der Waals surface area (Å²) in [7, 11) is 0. The van der Waals surface area contributed by atoms with Crippen LogP contribution in [0.25, 0.3) is 0 Å². The number of phenolic OH excluding ortho intramolecular Hbond substituents is 2. The van der Waals surface area contributed by atoms with Gasteiger partial charge in [-0.05, 0) is 24.3 Å². The van der Waals surface area contributed by atoms with E-state index in [2.05, 4.69) is 0 Å². The molecule has 0 fully saturated rings. The highest BCUT2D eigenvalue weighted by Crippen LogP contribution is 2.42. The Kier molecular flexibility index (Phi) is 3.04. The molecule has 0 saturated heterocycles. The Balaban J connectivity index is 2.43. The molecule has 2 aromatic rings. The molecule has 1 aliphatic carbocycles. The molecular formula is C14H6N2O8. The number of hydrogen-bond acceptors (Lipinski definition) is 8. The number of fused-ring (bicyclic) bond motifs is 2. The standard InChI is InChI=1S/C14H6N2O8/c17-7-3-1-5-9(11(7)15(21)22)14(20)6-2-4-8(18)12(16(23)24)10(6)13(5)19/h1-4,17-18H. The molecule has 24 heavy (non-hydrogen) atoms. The van der Waals surface area contributed by atoms with Gasteiger partial charge in [-0.15, -0.1) is 0 Å². The molecule has 1 aliphatic rings. The number of phenols is 2. The predicted octanol–water partition coefficient (Wildman–Crippen LogP) is 1.69. The summed E-state index contributed by atoms with van der Waals surface area (Å²) in [4.78, 5) is 45.3. The van der Waals surface area contributed by atoms with Crippen LogP contribution in [0.5, 0.6) is 11.5 Å². The second-order valence-electron chi connectivity index (χ2n) is 4.88. The maximum atomic E-state index is 12.5. The van der Waals surface area contributed by atoms with Crippen LogP contribution in [0.4, 0.5) is 11.4 Å². The van der Waals surface area contributed by atoms with Crippen molar-refractivity contribution >= 4 is 22.9 Å². The number of benzene rings is 2. The largest absolute Gasteiger partial charge is 0.502 e. The fourth-order valence-corrected chi connectivity index (χ4v) is 2.64. The van der Waals surface area contributed by atoms with Crippen LogP contribution in [-0.2, 0) is 0 Å². The monoisotopic (exact) mass is 330 g/mol. The van der Waals surface area contributed by atoms with Crippen LogP contribution in [0.2, 0.25) is 0 Å². The highest BCUT2D eigenvalue weighted by Gasteiger charge is 2.42. The molecule has 10 heteroatoms. The molecule has 0 spiro atoms. The molecule has 0 aliphatic heterocycles. The average Bonchev–Trinajstić information content (AvgIpc) is 2.51. The van der Waals surface area contributed by atoms with Gasteiger partial charge >= 0.3 is 11.4 Å². The van der Waals surface area contributed by atoms with Crippen LogP contribution in [0.15, 0.2) is 24.3 Å². The number of hydrogen-bond donors (Lipinski definition) is 2. The second kappa shape index (κ2) is 4.84. The fraction of sp³-hybridized carbons (Fsp3) is 0. The van der Waals surface area contributed by atoms with E-state index in [4.69, 9.17) is 0 Å². The highest BCUT2D eigenvalue weighted by atomic mass is 16.6. The zero-order valence-electron chi connectivity index (χ0n) is 11.5. The normalized spacial score (nSPS) is 12.5. The van der Waals surface area contributed by atoms with Crippen molar-refractivity contribution in [2.75, 3.05) is 0 Å². The number of nitro benzene ring substituents is 2. The van der Waals surface area contributed by atoms with E-state index in [-0.39, 0.29) is 0 Å². The average molecular weight is 330 g/mol. The minimum Gasteiger partial charge on any atom is -0.502 e. The van der Waals surface area contributed by atoms with Gasteiger partial charge in [0.15, 0.2) is 11.5 Å². The van der Waals surface area contributed by atoms with Crippen LogP contribution in [-0.4, -0.2) is 31.6 Å². The highest BCUT2D eigenvalue weighted by molar-refractivity contribution is 6.31. The van der Waals surface area contributed by atoms with E-state index < -0.39 is 66.5 Å². The minimum atomic E-state index is -1.02. The van der Waals surface area contributed by atoms with E-state index in [0.717, 1.165) is 24.3 Å². The van der Waals surface area contributed by atoms with Gasteiger partial charge in [-0.25, -0.2) is 0 Å². The zero-order valence-corrected chi connectivity index (χ0v) is 11.5. The van der Waals surface area contributed by atoms with Gasteiger partial charge in [-0.1, -0.05) is 0 Å². The Morgan fingerprint density at radius 2 is 1.04 bits per heavy atom. The van der Waals surface area contributed by atoms with Crippen LogP contribution in [0, 0.1) is 20.2 Å². The lowest BCUT2D eigenvalue weighted by Gasteiger charge is -2.17. The Hall–Kier alpha value is -3.82. The predicted molar refractivity (Wildman–Crippen MR) is 76.4 cm³/mol. The summed E-state index contributed by atoms with van der Waals surface area (Å²) in [6.45, 7) is 0. The third-order valence-corrected chi connectivity index (χ3v) is 3.62. The molecule has 10 nitrogen and oxygen atoms in total. The first kappa shape index (κ1) is 15.1. The van der Waals surface area contributed by atoms with Gasteiger partial charge in [0.05, 0.1) is 9.85 Å². The molecule has 0 heterocycles. The van der Waals surface area contributed by atoms with Gasteiger partial charge in [0.1, 0.15) is 11.1 Å². The molecule has 0 bridgehead atoms. The van der Waals surface area contributed by atoms with E-state index in [1.54, 1.807) is 0 Å². The van der Waals surface area contributed by atoms with E-state index >= 15 is 0 Å². The van der Waals surface area contributed by atoms with Gasteiger partial charge in [0.25, 0.3) is 0 Å². The van der Waals surface area contributed by atoms with Crippen molar-refractivity contribution in [2.45, 2.75) is 0 Å². The third kappa shape index (κ3) is 1.83. The molecule has 0 radical (unpaired) electrons. The molecule has 2 aromatic carbocycles. The summed E-state index contributed by atoms with van der Waals surface area (Å²) in [6.07, 6.45) is 0. The van der Waals surface area contributed by atoms with Gasteiger partial charge in [-0.2, -0.15) is 0 Å². The number of rotatable bonds is 2. The van der Waals surface area contributed by atoms with E-state index in [1.165, 1.54) is 0 Å². The van der Waals surface area contributed by atoms with Crippen LogP contribution >= 0.6 is 0 Å². The van der Waals surface area contributed by atoms with E-state index in [0.29, 0.717) is 0 Å². The first-order valence-electron chi connectivity index (χ1n) is 6.35. The molecule has 0 amide bonds. The smallest absolute Gasteiger partial charge is 0.322 e. The molecule has 120 valence electrons. The first-order chi connectivity index (χ1) is 11.3. The molecule has 2 N–H and O–H groups in total. The Labute approximate surface area is 131 Å². The fourth-order valence-electron chi connectivity index (χ4n) is 2.64. The van der Waals surface area contributed by atoms with E-state index in [1.807, 2.05) is 0 Å². The molecule has 0 unspecified atom stereocenters. The van der Waals surface area contributed by atoms with Crippen LogP contribution in [0.1, 0.15) is 31.8 Å². The van der Waals surface area contributed by atoms with Gasteiger partial charge in [0.2, 0.25) is 11.6 Å². The van der Waals surface area contributed by atoms with Crippen molar-refractivity contribution < 1.29 is 29.6 Å². The maximum absolute atomic E-state index is 12.5. The number of ketones is 2. The number of nitro groups is 2. The maximum Gasteiger partial charge on any atom is 0.322 e. The SMILES string of the molecule is O=C1c2ccc(O)c([N+](=O)[O-])c2C(=O)c2ccc(O)c([N+](=O)[O-])c21. The lowest BCUT2D eigenvalue weighted by Crippen LogP contribution is -2.23. The molecular weight excluding hydrogens is 324 g/mol. The van der Waals surface area contributed by atoms with Crippen molar-refractivity contribution in [3.8, 4) is 11.5 Å². The third-order valence-electron chi connectivity index (χ3n) is 3.62. The summed E-state index contributed by atoms with van der Waals surface area (Å²) in [6, 6.07) is 3.63. The van der Waals surface area contributed by atoms with Crippen molar-refractivity contribution in [3.63, 3.8) is 0 Å². The molecule has 3 rings (SSSR count). The van der Waals surface area contributed by atoms with Crippen LogP contribution < -0.4 is 0 Å². The Morgan fingerprint density at radius 3 is 1.33 bits per heavy atom. The lowest BCUT2D eigenvalue weighted by molar-refractivity contribution is -0.386. The zero-order chi connectivity index (χ0) is 17.8. The summed E-state index contributed by atoms with van der Waals surface area (Å²) in [5.41, 5.74) is -4.09. The summed E-state index contributed by atoms with van der Waals surface area (Å²) in [5.74, 6) is -3.66. The van der Waals surface area contributed by atoms with E-state index in [9.17, 15) is 40.0 Å². The van der Waals surface area contributed by atoms with Crippen molar-refractivity contribution in [1.82, 2.24) is 0 Å². The quantitative estimate of drug-likeness (QED) is 0.530. The Bertz CT molecular complexity index is 900.